The molecule has 0 aliphatic rings. The number of aryl methyl sites for hydroxylation is 1. The van der Waals surface area contributed by atoms with E-state index in [-0.39, 0.29) is 10.9 Å². The first-order valence-corrected chi connectivity index (χ1v) is 8.96. The third-order valence-electron chi connectivity index (χ3n) is 2.99. The number of esters is 1. The van der Waals surface area contributed by atoms with Gasteiger partial charge in [-0.2, -0.15) is 0 Å². The predicted octanol–water partition coefficient (Wildman–Crippen LogP) is 2.78. The van der Waals surface area contributed by atoms with Crippen molar-refractivity contribution in [1.82, 2.24) is 0 Å². The molecule has 0 spiro atoms. The van der Waals surface area contributed by atoms with E-state index in [1.54, 1.807) is 12.1 Å². The number of hydrogen-bond acceptors (Lipinski definition) is 4. The molecule has 124 valence electrons. The molecule has 0 amide bonds. The van der Waals surface area contributed by atoms with E-state index in [0.717, 1.165) is 31.2 Å². The molecule has 0 aliphatic carbocycles. The zero-order valence-corrected chi connectivity index (χ0v) is 14.3. The maximum absolute atomic E-state index is 11.5. The molecule has 1 rings (SSSR count). The summed E-state index contributed by atoms with van der Waals surface area (Å²) in [6, 6.07) is 6.66. The number of carbonyl (C=O) groups excluding carboxylic acids is 1. The predicted molar refractivity (Wildman–Crippen MR) is 85.8 cm³/mol. The summed E-state index contributed by atoms with van der Waals surface area (Å²) in [5.41, 5.74) is 0.495. The van der Waals surface area contributed by atoms with Gasteiger partial charge in [0.15, 0.2) is 0 Å². The van der Waals surface area contributed by atoms with E-state index in [2.05, 4.69) is 0 Å². The Kier molecular flexibility index (Phi) is 6.56. The van der Waals surface area contributed by atoms with Crippen molar-refractivity contribution >= 4 is 16.0 Å². The standard InChI is InChI=1S/C16H25NO4S/c1-16(2,3)21-15(18)11-6-4-5-8-13-9-7-10-14(12-13)22(17,19)20/h7,9-10,12H,4-6,8,11H2,1-3H3,(H2,17,19,20). The highest BCUT2D eigenvalue weighted by atomic mass is 32.2. The van der Waals surface area contributed by atoms with Crippen LogP contribution in [0, 0.1) is 0 Å². The van der Waals surface area contributed by atoms with Crippen LogP contribution < -0.4 is 5.14 Å². The van der Waals surface area contributed by atoms with E-state index < -0.39 is 15.6 Å². The van der Waals surface area contributed by atoms with Crippen molar-refractivity contribution in [2.75, 3.05) is 0 Å². The van der Waals surface area contributed by atoms with Crippen molar-refractivity contribution in [3.63, 3.8) is 0 Å². The summed E-state index contributed by atoms with van der Waals surface area (Å²) >= 11 is 0. The molecule has 0 aliphatic heterocycles. The summed E-state index contributed by atoms with van der Waals surface area (Å²) in [5.74, 6) is -0.177. The van der Waals surface area contributed by atoms with Gasteiger partial charge in [-0.15, -0.1) is 0 Å². The average molecular weight is 327 g/mol. The van der Waals surface area contributed by atoms with Crippen molar-refractivity contribution < 1.29 is 17.9 Å². The Morgan fingerprint density at radius 1 is 1.18 bits per heavy atom. The van der Waals surface area contributed by atoms with Gasteiger partial charge in [-0.3, -0.25) is 4.79 Å². The fourth-order valence-corrected chi connectivity index (χ4v) is 2.63. The fourth-order valence-electron chi connectivity index (χ4n) is 2.05. The highest BCUT2D eigenvalue weighted by Gasteiger charge is 2.15. The lowest BCUT2D eigenvalue weighted by Crippen LogP contribution is -2.23. The molecule has 1 aromatic carbocycles. The largest absolute Gasteiger partial charge is 0.460 e. The lowest BCUT2D eigenvalue weighted by molar-refractivity contribution is -0.154. The summed E-state index contributed by atoms with van der Waals surface area (Å²) in [5, 5.41) is 5.11. The van der Waals surface area contributed by atoms with E-state index in [9.17, 15) is 13.2 Å². The van der Waals surface area contributed by atoms with E-state index in [0.29, 0.717) is 6.42 Å². The van der Waals surface area contributed by atoms with Crippen molar-refractivity contribution in [1.29, 1.82) is 0 Å². The normalized spacial score (nSPS) is 12.2. The summed E-state index contributed by atoms with van der Waals surface area (Å²) in [6.07, 6.45) is 3.71. The molecule has 0 saturated heterocycles. The Labute approximate surface area is 132 Å². The van der Waals surface area contributed by atoms with Crippen LogP contribution in [0.15, 0.2) is 29.2 Å². The third kappa shape index (κ3) is 7.56. The van der Waals surface area contributed by atoms with Gasteiger partial charge in [0.2, 0.25) is 10.0 Å². The first-order valence-electron chi connectivity index (χ1n) is 7.41. The van der Waals surface area contributed by atoms with E-state index in [4.69, 9.17) is 9.88 Å². The molecule has 0 atom stereocenters. The number of unbranched alkanes of at least 4 members (excludes halogenated alkanes) is 2. The van der Waals surface area contributed by atoms with Crippen LogP contribution >= 0.6 is 0 Å². The molecule has 2 N–H and O–H groups in total. The number of hydrogen-bond donors (Lipinski definition) is 1. The molecular formula is C16H25NO4S. The van der Waals surface area contributed by atoms with Crippen molar-refractivity contribution in [3.05, 3.63) is 29.8 Å². The molecule has 0 bridgehead atoms. The van der Waals surface area contributed by atoms with Crippen LogP contribution in [-0.4, -0.2) is 20.0 Å². The molecule has 5 nitrogen and oxygen atoms in total. The van der Waals surface area contributed by atoms with Crippen LogP contribution in [0.4, 0.5) is 0 Å². The van der Waals surface area contributed by atoms with Crippen molar-refractivity contribution in [2.45, 2.75) is 63.4 Å². The molecule has 0 heterocycles. The Balaban J connectivity index is 2.33. The topological polar surface area (TPSA) is 86.5 Å². The van der Waals surface area contributed by atoms with Crippen LogP contribution in [0.25, 0.3) is 0 Å². The number of rotatable bonds is 7. The van der Waals surface area contributed by atoms with Crippen molar-refractivity contribution in [3.8, 4) is 0 Å². The Morgan fingerprint density at radius 3 is 2.45 bits per heavy atom. The van der Waals surface area contributed by atoms with E-state index in [1.807, 2.05) is 26.8 Å². The molecule has 1 aromatic rings. The van der Waals surface area contributed by atoms with Gasteiger partial charge in [0.05, 0.1) is 4.90 Å². The van der Waals surface area contributed by atoms with E-state index in [1.165, 1.54) is 6.07 Å². The zero-order valence-electron chi connectivity index (χ0n) is 13.5. The van der Waals surface area contributed by atoms with Gasteiger partial charge in [0.1, 0.15) is 5.60 Å². The van der Waals surface area contributed by atoms with Gasteiger partial charge in [0.25, 0.3) is 0 Å². The van der Waals surface area contributed by atoms with Gasteiger partial charge in [-0.05, 0) is 57.7 Å². The second-order valence-electron chi connectivity index (χ2n) is 6.34. The maximum Gasteiger partial charge on any atom is 0.306 e. The van der Waals surface area contributed by atoms with Gasteiger partial charge >= 0.3 is 5.97 Å². The molecule has 0 unspecified atom stereocenters. The molecule has 0 saturated carbocycles. The molecule has 0 aromatic heterocycles. The summed E-state index contributed by atoms with van der Waals surface area (Å²) in [4.78, 5) is 11.7. The number of benzene rings is 1. The number of ether oxygens (including phenoxy) is 1. The smallest absolute Gasteiger partial charge is 0.306 e. The molecular weight excluding hydrogens is 302 g/mol. The zero-order chi connectivity index (χ0) is 16.8. The first kappa shape index (κ1) is 18.6. The van der Waals surface area contributed by atoms with Crippen LogP contribution in [0.3, 0.4) is 0 Å². The van der Waals surface area contributed by atoms with Gasteiger partial charge in [0, 0.05) is 6.42 Å². The second kappa shape index (κ2) is 7.74. The minimum absolute atomic E-state index is 0.138. The molecule has 22 heavy (non-hydrogen) atoms. The number of carbonyl (C=O) groups is 1. The average Bonchev–Trinajstić information content (AvgIpc) is 2.35. The second-order valence-corrected chi connectivity index (χ2v) is 7.90. The van der Waals surface area contributed by atoms with Gasteiger partial charge < -0.3 is 4.74 Å². The maximum atomic E-state index is 11.5. The van der Waals surface area contributed by atoms with Crippen LogP contribution in [0.1, 0.15) is 52.0 Å². The van der Waals surface area contributed by atoms with Crippen LogP contribution in [0.2, 0.25) is 0 Å². The summed E-state index contributed by atoms with van der Waals surface area (Å²) in [7, 11) is -3.65. The summed E-state index contributed by atoms with van der Waals surface area (Å²) < 4.78 is 27.8. The fraction of sp³-hybridized carbons (Fsp3) is 0.562. The van der Waals surface area contributed by atoms with Crippen molar-refractivity contribution in [2.24, 2.45) is 5.14 Å². The minimum atomic E-state index is -3.65. The van der Waals surface area contributed by atoms with E-state index >= 15 is 0 Å². The third-order valence-corrected chi connectivity index (χ3v) is 3.90. The van der Waals surface area contributed by atoms with Crippen LogP contribution in [-0.2, 0) is 26.0 Å². The monoisotopic (exact) mass is 327 g/mol. The Morgan fingerprint density at radius 2 is 1.86 bits per heavy atom. The SMILES string of the molecule is CC(C)(C)OC(=O)CCCCCc1cccc(S(N)(=O)=O)c1. The molecule has 6 heteroatoms. The lowest BCUT2D eigenvalue weighted by atomic mass is 10.1. The summed E-state index contributed by atoms with van der Waals surface area (Å²) in [6.45, 7) is 5.55. The minimum Gasteiger partial charge on any atom is -0.460 e. The highest BCUT2D eigenvalue weighted by Crippen LogP contribution is 2.14. The van der Waals surface area contributed by atoms with Gasteiger partial charge in [-0.1, -0.05) is 18.6 Å². The quantitative estimate of drug-likeness (QED) is 0.616. The Bertz CT molecular complexity index is 603. The number of sulfonamides is 1. The van der Waals surface area contributed by atoms with Gasteiger partial charge in [-0.25, -0.2) is 13.6 Å². The van der Waals surface area contributed by atoms with Crippen LogP contribution in [0.5, 0.6) is 0 Å². The number of primary sulfonamides is 1. The first-order chi connectivity index (χ1) is 10.1. The molecule has 0 radical (unpaired) electrons. The number of nitrogens with two attached hydrogens (primary N) is 1. The highest BCUT2D eigenvalue weighted by molar-refractivity contribution is 7.89. The lowest BCUT2D eigenvalue weighted by Gasteiger charge is -2.19. The molecule has 0 fully saturated rings. The Hall–Kier alpha value is -1.40.